The van der Waals surface area contributed by atoms with Crippen molar-refractivity contribution < 1.29 is 17.5 Å². The molecule has 134 valence electrons. The van der Waals surface area contributed by atoms with Crippen LogP contribution in [0, 0.1) is 0 Å². The highest BCUT2D eigenvalue weighted by atomic mass is 32.3. The first-order chi connectivity index (χ1) is 12.4. The first kappa shape index (κ1) is 17.2. The van der Waals surface area contributed by atoms with Crippen LogP contribution < -0.4 is 0 Å². The standard InChI is InChI=1S/C19H17NO4S2/c21-25(22)13-19(26(23,24)16-6-2-1-3-7-16)17-9-8-14(11-18(17)25)15-5-4-10-20-12-15/h1-12,19,21-22H,13H2. The lowest BCUT2D eigenvalue weighted by atomic mass is 10.0. The minimum absolute atomic E-state index is 0.185. The van der Waals surface area contributed by atoms with E-state index < -0.39 is 25.7 Å². The molecule has 3 aromatic rings. The molecule has 1 atom stereocenters. The molecule has 0 bridgehead atoms. The van der Waals surface area contributed by atoms with Crippen molar-refractivity contribution in [3.8, 4) is 11.1 Å². The minimum Gasteiger partial charge on any atom is -0.295 e. The zero-order valence-corrected chi connectivity index (χ0v) is 15.3. The van der Waals surface area contributed by atoms with Gasteiger partial charge in [0.05, 0.1) is 15.5 Å². The van der Waals surface area contributed by atoms with E-state index in [1.807, 2.05) is 6.07 Å². The summed E-state index contributed by atoms with van der Waals surface area (Å²) in [5.41, 5.74) is 2.07. The van der Waals surface area contributed by atoms with Crippen molar-refractivity contribution in [1.82, 2.24) is 4.98 Å². The van der Waals surface area contributed by atoms with Gasteiger partial charge in [0.2, 0.25) is 0 Å². The number of aromatic nitrogens is 1. The number of hydrogen-bond acceptors (Lipinski definition) is 5. The average Bonchev–Trinajstić information content (AvgIpc) is 2.94. The van der Waals surface area contributed by atoms with Crippen LogP contribution in [0.4, 0.5) is 0 Å². The molecule has 0 spiro atoms. The molecule has 1 aliphatic heterocycles. The normalized spacial score (nSPS) is 19.7. The summed E-state index contributed by atoms with van der Waals surface area (Å²) in [4.78, 5) is 4.56. The Hall–Kier alpha value is -2.19. The summed E-state index contributed by atoms with van der Waals surface area (Å²) in [6.07, 6.45) is 3.34. The van der Waals surface area contributed by atoms with Crippen molar-refractivity contribution in [3.63, 3.8) is 0 Å². The average molecular weight is 387 g/mol. The molecule has 2 N–H and O–H groups in total. The SMILES string of the molecule is O=S(=O)(c1ccccc1)C1CS(O)(O)c2cc(-c3cccnc3)ccc21. The highest BCUT2D eigenvalue weighted by Crippen LogP contribution is 2.61. The fraction of sp³-hybridized carbons (Fsp3) is 0.105. The fourth-order valence-corrected chi connectivity index (χ4v) is 7.67. The van der Waals surface area contributed by atoms with E-state index in [1.165, 1.54) is 12.1 Å². The molecule has 0 aliphatic carbocycles. The Morgan fingerprint density at radius 1 is 0.962 bits per heavy atom. The van der Waals surface area contributed by atoms with E-state index >= 15 is 0 Å². The molecule has 2 heterocycles. The maximum Gasteiger partial charge on any atom is 0.187 e. The van der Waals surface area contributed by atoms with Gasteiger partial charge < -0.3 is 0 Å². The molecule has 0 saturated heterocycles. The van der Waals surface area contributed by atoms with Gasteiger partial charge in [0.1, 0.15) is 5.25 Å². The van der Waals surface area contributed by atoms with Crippen LogP contribution in [0.25, 0.3) is 11.1 Å². The Morgan fingerprint density at radius 2 is 1.73 bits per heavy atom. The number of rotatable bonds is 3. The number of benzene rings is 2. The molecule has 0 fully saturated rings. The van der Waals surface area contributed by atoms with Gasteiger partial charge in [-0.05, 0) is 35.4 Å². The van der Waals surface area contributed by atoms with Crippen molar-refractivity contribution in [2.24, 2.45) is 0 Å². The van der Waals surface area contributed by atoms with Crippen molar-refractivity contribution in [3.05, 3.63) is 78.6 Å². The summed E-state index contributed by atoms with van der Waals surface area (Å²) < 4.78 is 47.2. The van der Waals surface area contributed by atoms with Gasteiger partial charge in [0, 0.05) is 18.0 Å². The van der Waals surface area contributed by atoms with E-state index in [4.69, 9.17) is 0 Å². The fourth-order valence-electron chi connectivity index (χ4n) is 3.22. The van der Waals surface area contributed by atoms with E-state index in [-0.39, 0.29) is 10.6 Å². The van der Waals surface area contributed by atoms with Crippen molar-refractivity contribution >= 4 is 20.4 Å². The smallest absolute Gasteiger partial charge is 0.187 e. The summed E-state index contributed by atoms with van der Waals surface area (Å²) in [6, 6.07) is 16.9. The largest absolute Gasteiger partial charge is 0.295 e. The molecule has 0 radical (unpaired) electrons. The van der Waals surface area contributed by atoms with Gasteiger partial charge in [-0.25, -0.2) is 8.42 Å². The molecule has 2 aromatic carbocycles. The summed E-state index contributed by atoms with van der Waals surface area (Å²) >= 11 is 0. The number of hydrogen-bond donors (Lipinski definition) is 2. The second-order valence-corrected chi connectivity index (χ2v) is 10.4. The van der Waals surface area contributed by atoms with E-state index in [0.717, 1.165) is 11.1 Å². The third-order valence-electron chi connectivity index (χ3n) is 4.54. The van der Waals surface area contributed by atoms with E-state index in [0.29, 0.717) is 10.5 Å². The molecular weight excluding hydrogens is 370 g/mol. The molecule has 1 unspecified atom stereocenters. The predicted molar refractivity (Wildman–Crippen MR) is 102 cm³/mol. The highest BCUT2D eigenvalue weighted by molar-refractivity contribution is 8.25. The van der Waals surface area contributed by atoms with Gasteiger partial charge in [-0.1, -0.05) is 36.4 Å². The van der Waals surface area contributed by atoms with Crippen LogP contribution in [-0.4, -0.2) is 28.3 Å². The second kappa shape index (κ2) is 6.21. The zero-order valence-electron chi connectivity index (χ0n) is 13.7. The van der Waals surface area contributed by atoms with Crippen molar-refractivity contribution in [1.29, 1.82) is 0 Å². The molecule has 0 amide bonds. The molecule has 26 heavy (non-hydrogen) atoms. The molecule has 0 saturated carbocycles. The molecule has 1 aliphatic rings. The van der Waals surface area contributed by atoms with Gasteiger partial charge in [-0.3, -0.25) is 14.1 Å². The Morgan fingerprint density at radius 3 is 2.42 bits per heavy atom. The molecule has 4 rings (SSSR count). The van der Waals surface area contributed by atoms with E-state index in [1.54, 1.807) is 54.9 Å². The van der Waals surface area contributed by atoms with Crippen LogP contribution in [-0.2, 0) is 9.84 Å². The lowest BCUT2D eigenvalue weighted by Gasteiger charge is -2.28. The van der Waals surface area contributed by atoms with Crippen LogP contribution in [0.3, 0.4) is 0 Å². The zero-order chi connectivity index (χ0) is 18.4. The first-order valence-electron chi connectivity index (χ1n) is 7.99. The molecule has 5 nitrogen and oxygen atoms in total. The van der Waals surface area contributed by atoms with Gasteiger partial charge in [-0.2, -0.15) is 10.6 Å². The summed E-state index contributed by atoms with van der Waals surface area (Å²) in [5, 5.41) is -0.965. The maximum atomic E-state index is 13.0. The van der Waals surface area contributed by atoms with Crippen LogP contribution in [0.5, 0.6) is 0 Å². The molecule has 7 heteroatoms. The molecular formula is C19H17NO4S2. The summed E-state index contributed by atoms with van der Waals surface area (Å²) in [6.45, 7) is 0. The lowest BCUT2D eigenvalue weighted by Crippen LogP contribution is -2.15. The quantitative estimate of drug-likeness (QED) is 0.696. The summed E-state index contributed by atoms with van der Waals surface area (Å²) in [5.74, 6) is -0.212. The van der Waals surface area contributed by atoms with Crippen molar-refractivity contribution in [2.75, 3.05) is 5.75 Å². The van der Waals surface area contributed by atoms with Crippen LogP contribution in [0.1, 0.15) is 10.8 Å². The minimum atomic E-state index is -3.71. The number of fused-ring (bicyclic) bond motifs is 1. The topological polar surface area (TPSA) is 87.5 Å². The van der Waals surface area contributed by atoms with Crippen LogP contribution in [0.15, 0.2) is 82.8 Å². The van der Waals surface area contributed by atoms with Gasteiger partial charge >= 0.3 is 0 Å². The van der Waals surface area contributed by atoms with Gasteiger partial charge in [-0.15, -0.1) is 0 Å². The maximum absolute atomic E-state index is 13.0. The Balaban J connectivity index is 1.83. The first-order valence-corrected chi connectivity index (χ1v) is 11.2. The predicted octanol–water partition coefficient (Wildman–Crippen LogP) is 4.39. The second-order valence-electron chi connectivity index (χ2n) is 6.17. The van der Waals surface area contributed by atoms with Gasteiger partial charge in [0.25, 0.3) is 0 Å². The number of nitrogens with zero attached hydrogens (tertiary/aromatic N) is 1. The van der Waals surface area contributed by atoms with E-state index in [2.05, 4.69) is 4.98 Å². The Bertz CT molecular complexity index is 1050. The van der Waals surface area contributed by atoms with Crippen LogP contribution >= 0.6 is 10.6 Å². The van der Waals surface area contributed by atoms with Crippen molar-refractivity contribution in [2.45, 2.75) is 15.0 Å². The van der Waals surface area contributed by atoms with Crippen LogP contribution in [0.2, 0.25) is 0 Å². The monoisotopic (exact) mass is 387 g/mol. The highest BCUT2D eigenvalue weighted by Gasteiger charge is 2.43. The Kier molecular flexibility index (Phi) is 4.11. The van der Waals surface area contributed by atoms with Gasteiger partial charge in [0.15, 0.2) is 9.84 Å². The number of sulfone groups is 1. The third kappa shape index (κ3) is 2.83. The number of pyridine rings is 1. The summed E-state index contributed by atoms with van der Waals surface area (Å²) in [7, 11) is -6.89. The van der Waals surface area contributed by atoms with E-state index in [9.17, 15) is 17.5 Å². The lowest BCUT2D eigenvalue weighted by molar-refractivity contribution is 0.491. The molecule has 1 aromatic heterocycles. The third-order valence-corrected chi connectivity index (χ3v) is 8.70. The Labute approximate surface area is 153 Å².